The van der Waals surface area contributed by atoms with E-state index < -0.39 is 6.10 Å². The van der Waals surface area contributed by atoms with Crippen LogP contribution >= 0.6 is 0 Å². The third-order valence-corrected chi connectivity index (χ3v) is 3.13. The molecule has 3 heteroatoms. The van der Waals surface area contributed by atoms with Gasteiger partial charge in [-0.15, -0.1) is 0 Å². The van der Waals surface area contributed by atoms with E-state index in [1.165, 1.54) is 11.1 Å². The summed E-state index contributed by atoms with van der Waals surface area (Å²) in [7, 11) is 1.89. The molecule has 96 valence electrons. The fourth-order valence-electron chi connectivity index (χ4n) is 2.40. The third-order valence-electron chi connectivity index (χ3n) is 3.13. The summed E-state index contributed by atoms with van der Waals surface area (Å²) in [6, 6.07) is 6.18. The molecule has 1 N–H and O–H groups in total. The zero-order chi connectivity index (χ0) is 13.3. The van der Waals surface area contributed by atoms with E-state index >= 15 is 0 Å². The molecule has 1 atom stereocenters. The van der Waals surface area contributed by atoms with Gasteiger partial charge in [0, 0.05) is 18.8 Å². The Kier molecular flexibility index (Phi) is 3.53. The summed E-state index contributed by atoms with van der Waals surface area (Å²) in [4.78, 5) is 0. The lowest BCUT2D eigenvalue weighted by atomic mass is 9.98. The van der Waals surface area contributed by atoms with Gasteiger partial charge in [-0.2, -0.15) is 5.10 Å². The van der Waals surface area contributed by atoms with E-state index in [9.17, 15) is 5.11 Å². The average Bonchev–Trinajstić information content (AvgIpc) is 2.68. The van der Waals surface area contributed by atoms with Gasteiger partial charge in [0.25, 0.3) is 0 Å². The Morgan fingerprint density at radius 2 is 1.83 bits per heavy atom. The minimum absolute atomic E-state index is 0.591. The standard InChI is InChI=1S/C15H20N2O/c1-5-14-13(9-17(4)16-14)15(18)12-7-10(2)6-11(3)8-12/h6-9,15,18H,5H2,1-4H3. The highest BCUT2D eigenvalue weighted by Gasteiger charge is 2.17. The summed E-state index contributed by atoms with van der Waals surface area (Å²) >= 11 is 0. The predicted octanol–water partition coefficient (Wildman–Crippen LogP) is 2.68. The van der Waals surface area contributed by atoms with Crippen LogP contribution in [0.3, 0.4) is 0 Å². The monoisotopic (exact) mass is 244 g/mol. The number of nitrogens with zero attached hydrogens (tertiary/aromatic N) is 2. The molecule has 0 amide bonds. The van der Waals surface area contributed by atoms with Gasteiger partial charge >= 0.3 is 0 Å². The molecule has 0 saturated heterocycles. The van der Waals surface area contributed by atoms with E-state index in [0.717, 1.165) is 23.2 Å². The van der Waals surface area contributed by atoms with Crippen molar-refractivity contribution >= 4 is 0 Å². The highest BCUT2D eigenvalue weighted by atomic mass is 16.3. The first-order chi connectivity index (χ1) is 8.51. The van der Waals surface area contributed by atoms with E-state index in [1.807, 2.05) is 39.2 Å². The normalized spacial score (nSPS) is 12.7. The zero-order valence-electron chi connectivity index (χ0n) is 11.4. The summed E-state index contributed by atoms with van der Waals surface area (Å²) in [6.45, 7) is 6.15. The van der Waals surface area contributed by atoms with Gasteiger partial charge in [-0.05, 0) is 25.8 Å². The first-order valence-corrected chi connectivity index (χ1v) is 6.30. The molecule has 1 aromatic heterocycles. The lowest BCUT2D eigenvalue weighted by Gasteiger charge is -2.12. The fraction of sp³-hybridized carbons (Fsp3) is 0.400. The smallest absolute Gasteiger partial charge is 0.107 e. The van der Waals surface area contributed by atoms with Crippen molar-refractivity contribution in [2.24, 2.45) is 7.05 Å². The average molecular weight is 244 g/mol. The van der Waals surface area contributed by atoms with Crippen molar-refractivity contribution in [2.45, 2.75) is 33.3 Å². The van der Waals surface area contributed by atoms with Gasteiger partial charge in [-0.3, -0.25) is 4.68 Å². The zero-order valence-corrected chi connectivity index (χ0v) is 11.4. The minimum Gasteiger partial charge on any atom is -0.384 e. The maximum atomic E-state index is 10.5. The number of aliphatic hydroxyl groups excluding tert-OH is 1. The van der Waals surface area contributed by atoms with E-state index in [0.29, 0.717) is 0 Å². The van der Waals surface area contributed by atoms with Crippen LogP contribution in [0.4, 0.5) is 0 Å². The molecule has 2 rings (SSSR count). The molecular weight excluding hydrogens is 224 g/mol. The maximum absolute atomic E-state index is 10.5. The van der Waals surface area contributed by atoms with Gasteiger partial charge < -0.3 is 5.11 Å². The van der Waals surface area contributed by atoms with Gasteiger partial charge in [0.05, 0.1) is 5.69 Å². The van der Waals surface area contributed by atoms with Gasteiger partial charge in [0.2, 0.25) is 0 Å². The van der Waals surface area contributed by atoms with Gasteiger partial charge in [-0.1, -0.05) is 36.2 Å². The predicted molar refractivity (Wildman–Crippen MR) is 72.6 cm³/mol. The Morgan fingerprint density at radius 1 is 1.22 bits per heavy atom. The second kappa shape index (κ2) is 4.94. The molecule has 0 aliphatic rings. The molecule has 1 heterocycles. The van der Waals surface area contributed by atoms with Crippen molar-refractivity contribution in [3.63, 3.8) is 0 Å². The molecule has 2 aromatic rings. The van der Waals surface area contributed by atoms with Crippen LogP contribution < -0.4 is 0 Å². The highest BCUT2D eigenvalue weighted by molar-refractivity contribution is 5.36. The molecule has 1 aromatic carbocycles. The SMILES string of the molecule is CCc1nn(C)cc1C(O)c1cc(C)cc(C)c1. The number of aliphatic hydroxyl groups is 1. The molecule has 0 fully saturated rings. The summed E-state index contributed by atoms with van der Waals surface area (Å²) in [6.07, 6.45) is 2.14. The molecule has 0 aliphatic heterocycles. The van der Waals surface area contributed by atoms with Crippen LogP contribution in [0.15, 0.2) is 24.4 Å². The highest BCUT2D eigenvalue weighted by Crippen LogP contribution is 2.26. The molecule has 18 heavy (non-hydrogen) atoms. The van der Waals surface area contributed by atoms with Crippen LogP contribution in [-0.2, 0) is 13.5 Å². The number of aryl methyl sites for hydroxylation is 4. The summed E-state index contributed by atoms with van der Waals surface area (Å²) in [5, 5.41) is 14.9. The van der Waals surface area contributed by atoms with Crippen molar-refractivity contribution in [1.82, 2.24) is 9.78 Å². The molecule has 0 saturated carbocycles. The van der Waals surface area contributed by atoms with Crippen LogP contribution in [0.25, 0.3) is 0 Å². The molecule has 0 radical (unpaired) electrons. The van der Waals surface area contributed by atoms with Crippen LogP contribution in [0.5, 0.6) is 0 Å². The molecule has 0 aliphatic carbocycles. The number of hydrogen-bond acceptors (Lipinski definition) is 2. The summed E-state index contributed by atoms with van der Waals surface area (Å²) in [5.74, 6) is 0. The third kappa shape index (κ3) is 2.46. The number of benzene rings is 1. The van der Waals surface area contributed by atoms with Crippen molar-refractivity contribution < 1.29 is 5.11 Å². The van der Waals surface area contributed by atoms with Gasteiger partial charge in [0.1, 0.15) is 6.10 Å². The first kappa shape index (κ1) is 12.8. The number of hydrogen-bond donors (Lipinski definition) is 1. The second-order valence-electron chi connectivity index (χ2n) is 4.88. The van der Waals surface area contributed by atoms with Crippen LogP contribution in [0, 0.1) is 13.8 Å². The van der Waals surface area contributed by atoms with Crippen molar-refractivity contribution in [1.29, 1.82) is 0 Å². The van der Waals surface area contributed by atoms with Gasteiger partial charge in [0.15, 0.2) is 0 Å². The largest absolute Gasteiger partial charge is 0.384 e. The quantitative estimate of drug-likeness (QED) is 0.901. The number of rotatable bonds is 3. The molecule has 1 unspecified atom stereocenters. The van der Waals surface area contributed by atoms with Crippen molar-refractivity contribution in [3.8, 4) is 0 Å². The summed E-state index contributed by atoms with van der Waals surface area (Å²) in [5.41, 5.74) is 5.15. The maximum Gasteiger partial charge on any atom is 0.107 e. The van der Waals surface area contributed by atoms with E-state index in [1.54, 1.807) is 4.68 Å². The Morgan fingerprint density at radius 3 is 2.39 bits per heavy atom. The molecular formula is C15H20N2O. The Balaban J connectivity index is 2.43. The molecule has 0 bridgehead atoms. The Hall–Kier alpha value is -1.61. The van der Waals surface area contributed by atoms with E-state index in [-0.39, 0.29) is 0 Å². The second-order valence-corrected chi connectivity index (χ2v) is 4.88. The minimum atomic E-state index is -0.591. The Bertz CT molecular complexity index is 537. The van der Waals surface area contributed by atoms with Crippen LogP contribution in [0.1, 0.15) is 41.0 Å². The van der Waals surface area contributed by atoms with Crippen LogP contribution in [-0.4, -0.2) is 14.9 Å². The van der Waals surface area contributed by atoms with Crippen molar-refractivity contribution in [3.05, 3.63) is 52.3 Å². The topological polar surface area (TPSA) is 38.0 Å². The number of aromatic nitrogens is 2. The summed E-state index contributed by atoms with van der Waals surface area (Å²) < 4.78 is 1.76. The lowest BCUT2D eigenvalue weighted by molar-refractivity contribution is 0.219. The van der Waals surface area contributed by atoms with E-state index in [2.05, 4.69) is 18.1 Å². The van der Waals surface area contributed by atoms with Crippen LogP contribution in [0.2, 0.25) is 0 Å². The Labute approximate surface area is 108 Å². The molecule has 0 spiro atoms. The lowest BCUT2D eigenvalue weighted by Crippen LogP contribution is -2.02. The first-order valence-electron chi connectivity index (χ1n) is 6.30. The van der Waals surface area contributed by atoms with Crippen molar-refractivity contribution in [2.75, 3.05) is 0 Å². The molecule has 3 nitrogen and oxygen atoms in total. The van der Waals surface area contributed by atoms with E-state index in [4.69, 9.17) is 0 Å². The fourth-order valence-corrected chi connectivity index (χ4v) is 2.40. The van der Waals surface area contributed by atoms with Gasteiger partial charge in [-0.25, -0.2) is 0 Å².